The van der Waals surface area contributed by atoms with E-state index in [2.05, 4.69) is 0 Å². The molecule has 0 aliphatic rings. The van der Waals surface area contributed by atoms with Gasteiger partial charge in [0.1, 0.15) is 0 Å². The maximum absolute atomic E-state index is 10.6. The van der Waals surface area contributed by atoms with Crippen LogP contribution in [0.15, 0.2) is 24.3 Å². The minimum atomic E-state index is -5.22. The Kier molecular flexibility index (Phi) is 10.3. The van der Waals surface area contributed by atoms with Crippen molar-refractivity contribution in [2.75, 3.05) is 0 Å². The molecule has 0 saturated heterocycles. The Balaban J connectivity index is 0. The first-order valence-corrected chi connectivity index (χ1v) is 8.26. The molecule has 0 aromatic heterocycles. The molecule has 0 radical (unpaired) electrons. The van der Waals surface area contributed by atoms with Crippen molar-refractivity contribution in [2.24, 2.45) is 0 Å². The van der Waals surface area contributed by atoms with Crippen LogP contribution in [0.3, 0.4) is 0 Å². The molecule has 0 aliphatic carbocycles. The monoisotopic (exact) mass is 406 g/mol. The summed E-state index contributed by atoms with van der Waals surface area (Å²) in [6.07, 6.45) is 0. The van der Waals surface area contributed by atoms with Gasteiger partial charge in [-0.05, 0) is 25.8 Å². The van der Waals surface area contributed by atoms with E-state index < -0.39 is 34.4 Å². The standard InChI is InChI=1S/C6H8O6P2.H3O3P.Zr/c7-13(8,9)5-3-1-2-4-6(5)14(10,11)12;1-4(2)3;/h1-4H,(H2,7,8,9)(H2,10,11,12);1-3H;/q;;+4/p-4. The summed E-state index contributed by atoms with van der Waals surface area (Å²) in [5.41, 5.74) is 0. The molecule has 0 bridgehead atoms. The predicted molar refractivity (Wildman–Crippen MR) is 54.5 cm³/mol. The minimum absolute atomic E-state index is 0. The number of hydrogen-bond acceptors (Lipinski definition) is 9. The van der Waals surface area contributed by atoms with E-state index in [-0.39, 0.29) is 26.2 Å². The molecule has 1 aromatic rings. The zero-order valence-corrected chi connectivity index (χ0v) is 14.1. The van der Waals surface area contributed by atoms with Crippen LogP contribution in [0.2, 0.25) is 0 Å². The average Bonchev–Trinajstić information content (AvgIpc) is 2.14. The van der Waals surface area contributed by atoms with Crippen LogP contribution in [0, 0.1) is 0 Å². The quantitative estimate of drug-likeness (QED) is 0.410. The summed E-state index contributed by atoms with van der Waals surface area (Å²) in [7, 11) is -13.1. The Morgan fingerprint density at radius 1 is 0.842 bits per heavy atom. The second-order valence-electron chi connectivity index (χ2n) is 2.75. The van der Waals surface area contributed by atoms with Crippen molar-refractivity contribution >= 4 is 34.4 Å². The summed E-state index contributed by atoms with van der Waals surface area (Å²) < 4.78 is 21.1. The SMILES string of the molecule is O=P([O-])([O-])c1ccccc1P(=O)([O-])[O-].OP(O)O.[Zr+4]. The average molecular weight is 407 g/mol. The molecule has 104 valence electrons. The molecule has 0 aliphatic heterocycles. The van der Waals surface area contributed by atoms with E-state index in [4.69, 9.17) is 14.7 Å². The fourth-order valence-corrected chi connectivity index (χ4v) is 2.91. The minimum Gasteiger partial charge on any atom is -0.807 e. The first-order valence-electron chi connectivity index (χ1n) is 3.97. The van der Waals surface area contributed by atoms with Gasteiger partial charge in [0.25, 0.3) is 0 Å². The third-order valence-electron chi connectivity index (χ3n) is 1.47. The molecule has 0 fully saturated rings. The number of rotatable bonds is 2. The van der Waals surface area contributed by atoms with Gasteiger partial charge < -0.3 is 43.4 Å². The van der Waals surface area contributed by atoms with Crippen molar-refractivity contribution in [1.29, 1.82) is 0 Å². The van der Waals surface area contributed by atoms with Crippen molar-refractivity contribution in [3.63, 3.8) is 0 Å². The van der Waals surface area contributed by atoms with Gasteiger partial charge in [-0.25, -0.2) is 0 Å². The van der Waals surface area contributed by atoms with Gasteiger partial charge >= 0.3 is 34.8 Å². The normalized spacial score (nSPS) is 11.4. The molecule has 0 amide bonds. The molecular weight excluding hydrogens is 400 g/mol. The van der Waals surface area contributed by atoms with Gasteiger partial charge in [-0.15, -0.1) is 0 Å². The van der Waals surface area contributed by atoms with E-state index in [1.807, 2.05) is 0 Å². The van der Waals surface area contributed by atoms with E-state index in [1.54, 1.807) is 0 Å². The van der Waals surface area contributed by atoms with Crippen LogP contribution in [-0.4, -0.2) is 14.7 Å². The molecule has 9 nitrogen and oxygen atoms in total. The molecule has 13 heteroatoms. The fraction of sp³-hybridized carbons (Fsp3) is 0. The van der Waals surface area contributed by atoms with Gasteiger partial charge in [-0.2, -0.15) is 0 Å². The zero-order chi connectivity index (χ0) is 14.6. The van der Waals surface area contributed by atoms with Crippen LogP contribution in [0.25, 0.3) is 0 Å². The topological polar surface area (TPSA) is 187 Å². The first-order chi connectivity index (χ1) is 7.96. The van der Waals surface area contributed by atoms with Gasteiger partial charge in [-0.3, -0.25) is 0 Å². The first kappa shape index (κ1) is 22.0. The number of benzene rings is 1. The molecular formula is C6H7O9P3Zr. The van der Waals surface area contributed by atoms with Gasteiger partial charge in [0.15, 0.2) is 0 Å². The molecule has 3 N–H and O–H groups in total. The van der Waals surface area contributed by atoms with Crippen molar-refractivity contribution in [3.05, 3.63) is 24.3 Å². The van der Waals surface area contributed by atoms with E-state index in [0.29, 0.717) is 0 Å². The Labute approximate surface area is 128 Å². The second-order valence-corrected chi connectivity index (χ2v) is 6.24. The molecule has 0 saturated carbocycles. The molecule has 1 aromatic carbocycles. The largest absolute Gasteiger partial charge is 4.00 e. The molecule has 0 atom stereocenters. The zero-order valence-electron chi connectivity index (χ0n) is 8.94. The second kappa shape index (κ2) is 8.88. The Morgan fingerprint density at radius 2 is 1.05 bits per heavy atom. The van der Waals surface area contributed by atoms with Crippen molar-refractivity contribution < 1.29 is 69.6 Å². The summed E-state index contributed by atoms with van der Waals surface area (Å²) in [5, 5.41) is -1.96. The summed E-state index contributed by atoms with van der Waals surface area (Å²) >= 11 is 0. The van der Waals surface area contributed by atoms with Crippen molar-refractivity contribution in [2.45, 2.75) is 0 Å². The Hall–Kier alpha value is 0.713. The van der Waals surface area contributed by atoms with Gasteiger partial charge in [0.05, 0.1) is 0 Å². The Bertz CT molecular complexity index is 437. The van der Waals surface area contributed by atoms with Crippen LogP contribution in [-0.2, 0) is 35.3 Å². The van der Waals surface area contributed by atoms with E-state index in [9.17, 15) is 28.7 Å². The molecule has 0 unspecified atom stereocenters. The molecule has 0 heterocycles. The van der Waals surface area contributed by atoms with Crippen LogP contribution >= 0.6 is 23.8 Å². The smallest absolute Gasteiger partial charge is 0.807 e. The van der Waals surface area contributed by atoms with E-state index >= 15 is 0 Å². The van der Waals surface area contributed by atoms with Crippen molar-refractivity contribution in [1.82, 2.24) is 0 Å². The third kappa shape index (κ3) is 9.30. The summed E-state index contributed by atoms with van der Waals surface area (Å²) in [6, 6.07) is 3.91. The van der Waals surface area contributed by atoms with Gasteiger partial charge in [0.2, 0.25) is 0 Å². The van der Waals surface area contributed by atoms with E-state index in [1.165, 1.54) is 0 Å². The number of hydrogen-bond donors (Lipinski definition) is 3. The fourth-order valence-electron chi connectivity index (χ4n) is 0.927. The van der Waals surface area contributed by atoms with Crippen LogP contribution in [0.5, 0.6) is 0 Å². The predicted octanol–water partition coefficient (Wildman–Crippen LogP) is -4.05. The Morgan fingerprint density at radius 3 is 1.21 bits per heavy atom. The molecule has 0 spiro atoms. The maximum Gasteiger partial charge on any atom is 4.00 e. The van der Waals surface area contributed by atoms with Crippen LogP contribution < -0.4 is 30.2 Å². The van der Waals surface area contributed by atoms with Gasteiger partial charge in [-0.1, -0.05) is 24.3 Å². The van der Waals surface area contributed by atoms with Crippen LogP contribution in [0.4, 0.5) is 0 Å². The molecule has 19 heavy (non-hydrogen) atoms. The summed E-state index contributed by atoms with van der Waals surface area (Å²) in [5.74, 6) is 0. The van der Waals surface area contributed by atoms with E-state index in [0.717, 1.165) is 24.3 Å². The summed E-state index contributed by atoms with van der Waals surface area (Å²) in [4.78, 5) is 64.0. The van der Waals surface area contributed by atoms with Crippen molar-refractivity contribution in [3.8, 4) is 0 Å². The molecule has 1 rings (SSSR count). The third-order valence-corrected chi connectivity index (χ3v) is 3.61. The maximum atomic E-state index is 10.6. The van der Waals surface area contributed by atoms with Crippen LogP contribution in [0.1, 0.15) is 0 Å². The van der Waals surface area contributed by atoms with Gasteiger partial charge in [0, 0.05) is 0 Å². The summed E-state index contributed by atoms with van der Waals surface area (Å²) in [6.45, 7) is 0.